The van der Waals surface area contributed by atoms with E-state index in [1.165, 1.54) is 13.0 Å². The molecule has 0 aromatic heterocycles. The lowest BCUT2D eigenvalue weighted by atomic mass is 10.1. The highest BCUT2D eigenvalue weighted by Crippen LogP contribution is 2.17. The first-order valence-electron chi connectivity index (χ1n) is 7.25. The Bertz CT molecular complexity index is 811. The Morgan fingerprint density at radius 3 is 2.16 bits per heavy atom. The average molecular weight is 354 g/mol. The third kappa shape index (κ3) is 4.79. The predicted octanol–water partition coefficient (Wildman–Crippen LogP) is 2.85. The SMILES string of the molecule is C[C@H](NC(=O)CNC(=O)c1ccc(F)cc1F)c1ccc(F)cc1F. The fraction of sp³-hybridized carbons (Fsp3) is 0.176. The van der Waals surface area contributed by atoms with E-state index in [0.717, 1.165) is 18.2 Å². The van der Waals surface area contributed by atoms with Crippen LogP contribution in [0.3, 0.4) is 0 Å². The zero-order valence-electron chi connectivity index (χ0n) is 13.1. The Morgan fingerprint density at radius 1 is 0.960 bits per heavy atom. The summed E-state index contributed by atoms with van der Waals surface area (Å²) in [5.41, 5.74) is -0.336. The summed E-state index contributed by atoms with van der Waals surface area (Å²) < 4.78 is 52.8. The minimum Gasteiger partial charge on any atom is -0.348 e. The number of rotatable bonds is 5. The van der Waals surface area contributed by atoms with Gasteiger partial charge in [0.2, 0.25) is 5.91 Å². The van der Waals surface area contributed by atoms with Gasteiger partial charge < -0.3 is 10.6 Å². The maximum atomic E-state index is 13.6. The van der Waals surface area contributed by atoms with E-state index in [-0.39, 0.29) is 5.56 Å². The van der Waals surface area contributed by atoms with Gasteiger partial charge in [0.25, 0.3) is 5.91 Å². The first-order valence-corrected chi connectivity index (χ1v) is 7.25. The van der Waals surface area contributed by atoms with Crippen molar-refractivity contribution in [2.45, 2.75) is 13.0 Å². The molecule has 8 heteroatoms. The van der Waals surface area contributed by atoms with Crippen molar-refractivity contribution in [1.82, 2.24) is 10.6 Å². The molecule has 0 unspecified atom stereocenters. The minimum absolute atomic E-state index is 0.0747. The molecule has 0 radical (unpaired) electrons. The smallest absolute Gasteiger partial charge is 0.254 e. The Morgan fingerprint density at radius 2 is 1.56 bits per heavy atom. The summed E-state index contributed by atoms with van der Waals surface area (Å²) >= 11 is 0. The van der Waals surface area contributed by atoms with Gasteiger partial charge in [-0.3, -0.25) is 9.59 Å². The molecule has 4 nitrogen and oxygen atoms in total. The molecule has 2 amide bonds. The fourth-order valence-corrected chi connectivity index (χ4v) is 2.15. The summed E-state index contributed by atoms with van der Waals surface area (Å²) in [4.78, 5) is 23.6. The van der Waals surface area contributed by atoms with Gasteiger partial charge in [-0.25, -0.2) is 17.6 Å². The van der Waals surface area contributed by atoms with Crippen molar-refractivity contribution in [3.05, 3.63) is 70.8 Å². The third-order valence-corrected chi connectivity index (χ3v) is 3.39. The third-order valence-electron chi connectivity index (χ3n) is 3.39. The molecule has 2 aromatic carbocycles. The number of hydrogen-bond acceptors (Lipinski definition) is 2. The van der Waals surface area contributed by atoms with Crippen molar-refractivity contribution < 1.29 is 27.2 Å². The Labute approximate surface area is 140 Å². The van der Waals surface area contributed by atoms with Crippen LogP contribution < -0.4 is 10.6 Å². The van der Waals surface area contributed by atoms with Gasteiger partial charge in [-0.2, -0.15) is 0 Å². The monoisotopic (exact) mass is 354 g/mol. The highest BCUT2D eigenvalue weighted by Gasteiger charge is 2.16. The first-order chi connectivity index (χ1) is 11.8. The molecule has 132 valence electrons. The molecule has 0 aliphatic carbocycles. The minimum atomic E-state index is -1.06. The largest absolute Gasteiger partial charge is 0.348 e. The molecule has 2 aromatic rings. The van der Waals surface area contributed by atoms with Crippen LogP contribution in [0, 0.1) is 23.3 Å². The molecule has 0 saturated heterocycles. The van der Waals surface area contributed by atoms with Crippen molar-refractivity contribution in [2.75, 3.05) is 6.54 Å². The molecule has 2 N–H and O–H groups in total. The van der Waals surface area contributed by atoms with Crippen LogP contribution in [0.2, 0.25) is 0 Å². The second-order valence-electron chi connectivity index (χ2n) is 5.26. The van der Waals surface area contributed by atoms with Crippen molar-refractivity contribution in [1.29, 1.82) is 0 Å². The lowest BCUT2D eigenvalue weighted by molar-refractivity contribution is -0.120. The zero-order chi connectivity index (χ0) is 18.6. The normalized spacial score (nSPS) is 11.7. The Balaban J connectivity index is 1.92. The number of carbonyl (C=O) groups excluding carboxylic acids is 2. The lowest BCUT2D eigenvalue weighted by Gasteiger charge is -2.15. The van der Waals surface area contributed by atoms with Crippen LogP contribution in [0.5, 0.6) is 0 Å². The highest BCUT2D eigenvalue weighted by molar-refractivity contribution is 5.96. The molecular weight excluding hydrogens is 340 g/mol. The molecule has 0 saturated carbocycles. The molecule has 0 aliphatic rings. The van der Waals surface area contributed by atoms with Crippen molar-refractivity contribution in [2.24, 2.45) is 0 Å². The van der Waals surface area contributed by atoms with E-state index >= 15 is 0 Å². The molecule has 0 heterocycles. The molecule has 25 heavy (non-hydrogen) atoms. The number of carbonyl (C=O) groups is 2. The number of nitrogens with one attached hydrogen (secondary N) is 2. The molecule has 0 aliphatic heterocycles. The summed E-state index contributed by atoms with van der Waals surface area (Å²) in [7, 11) is 0. The molecule has 0 fully saturated rings. The van der Waals surface area contributed by atoms with Gasteiger partial charge in [0.15, 0.2) is 0 Å². The topological polar surface area (TPSA) is 58.2 Å². The van der Waals surface area contributed by atoms with Crippen LogP contribution in [0.1, 0.15) is 28.9 Å². The number of hydrogen-bond donors (Lipinski definition) is 2. The van der Waals surface area contributed by atoms with E-state index in [1.54, 1.807) is 0 Å². The predicted molar refractivity (Wildman–Crippen MR) is 81.6 cm³/mol. The van der Waals surface area contributed by atoms with Gasteiger partial charge in [0.1, 0.15) is 23.3 Å². The number of amides is 2. The molecular formula is C17H14F4N2O2. The average Bonchev–Trinajstić information content (AvgIpc) is 2.52. The second-order valence-corrected chi connectivity index (χ2v) is 5.26. The van der Waals surface area contributed by atoms with Gasteiger partial charge >= 0.3 is 0 Å². The second kappa shape index (κ2) is 7.78. The molecule has 0 bridgehead atoms. The number of halogens is 4. The van der Waals surface area contributed by atoms with E-state index in [1.807, 2.05) is 0 Å². The Kier molecular flexibility index (Phi) is 5.74. The fourth-order valence-electron chi connectivity index (χ4n) is 2.15. The first kappa shape index (κ1) is 18.4. The van der Waals surface area contributed by atoms with E-state index in [9.17, 15) is 27.2 Å². The van der Waals surface area contributed by atoms with Gasteiger partial charge in [-0.1, -0.05) is 6.07 Å². The van der Waals surface area contributed by atoms with Gasteiger partial charge in [0, 0.05) is 17.7 Å². The van der Waals surface area contributed by atoms with Gasteiger partial charge in [-0.05, 0) is 25.1 Å². The molecule has 1 atom stereocenters. The highest BCUT2D eigenvalue weighted by atomic mass is 19.1. The van der Waals surface area contributed by atoms with Crippen molar-refractivity contribution >= 4 is 11.8 Å². The van der Waals surface area contributed by atoms with Gasteiger partial charge in [-0.15, -0.1) is 0 Å². The van der Waals surface area contributed by atoms with Gasteiger partial charge in [0.05, 0.1) is 18.2 Å². The summed E-state index contributed by atoms with van der Waals surface area (Å²) in [6, 6.07) is 4.59. The number of benzene rings is 2. The van der Waals surface area contributed by atoms with E-state index < -0.39 is 53.2 Å². The van der Waals surface area contributed by atoms with E-state index in [2.05, 4.69) is 10.6 Å². The van der Waals surface area contributed by atoms with Crippen LogP contribution in [0.25, 0.3) is 0 Å². The van der Waals surface area contributed by atoms with Crippen molar-refractivity contribution in [3.8, 4) is 0 Å². The lowest BCUT2D eigenvalue weighted by Crippen LogP contribution is -2.38. The maximum absolute atomic E-state index is 13.6. The standard InChI is InChI=1S/C17H14F4N2O2/c1-9(12-4-2-10(18)6-14(12)20)23-16(24)8-22-17(25)13-5-3-11(19)7-15(13)21/h2-7,9H,8H2,1H3,(H,22,25)(H,23,24)/t9-/m0/s1. The summed E-state index contributed by atoms with van der Waals surface area (Å²) in [5.74, 6) is -5.00. The summed E-state index contributed by atoms with van der Waals surface area (Å²) in [6.07, 6.45) is 0. The van der Waals surface area contributed by atoms with E-state index in [4.69, 9.17) is 0 Å². The van der Waals surface area contributed by atoms with Crippen LogP contribution in [-0.2, 0) is 4.79 Å². The molecule has 2 rings (SSSR count). The Hall–Kier alpha value is -2.90. The van der Waals surface area contributed by atoms with Crippen LogP contribution in [0.15, 0.2) is 36.4 Å². The van der Waals surface area contributed by atoms with Crippen molar-refractivity contribution in [3.63, 3.8) is 0 Å². The van der Waals surface area contributed by atoms with E-state index in [0.29, 0.717) is 12.1 Å². The maximum Gasteiger partial charge on any atom is 0.254 e. The summed E-state index contributed by atoms with van der Waals surface area (Å²) in [5, 5.41) is 4.59. The van der Waals surface area contributed by atoms with Crippen LogP contribution in [-0.4, -0.2) is 18.4 Å². The zero-order valence-corrected chi connectivity index (χ0v) is 13.1. The quantitative estimate of drug-likeness (QED) is 0.812. The van der Waals surface area contributed by atoms with Crippen LogP contribution >= 0.6 is 0 Å². The van der Waals surface area contributed by atoms with Crippen LogP contribution in [0.4, 0.5) is 17.6 Å². The molecule has 0 spiro atoms. The summed E-state index contributed by atoms with van der Waals surface area (Å²) in [6.45, 7) is 0.985.